The second kappa shape index (κ2) is 7.15. The number of halogens is 1. The highest BCUT2D eigenvalue weighted by molar-refractivity contribution is 5.62. The van der Waals surface area contributed by atoms with E-state index >= 15 is 0 Å². The summed E-state index contributed by atoms with van der Waals surface area (Å²) in [6.45, 7) is 0.911. The first-order valence-corrected chi connectivity index (χ1v) is 7.71. The summed E-state index contributed by atoms with van der Waals surface area (Å²) in [6, 6.07) is 16.9. The molecule has 0 amide bonds. The second-order valence-electron chi connectivity index (χ2n) is 5.38. The highest BCUT2D eigenvalue weighted by Gasteiger charge is 2.16. The van der Waals surface area contributed by atoms with E-state index in [1.807, 2.05) is 18.2 Å². The Morgan fingerprint density at radius 2 is 1.74 bits per heavy atom. The summed E-state index contributed by atoms with van der Waals surface area (Å²) >= 11 is 0. The molecule has 0 saturated heterocycles. The Bertz CT molecular complexity index is 768. The van der Waals surface area contributed by atoms with Gasteiger partial charge < -0.3 is 5.73 Å². The number of nitrogens with two attached hydrogens (primary N) is 1. The quantitative estimate of drug-likeness (QED) is 0.761. The molecule has 0 bridgehead atoms. The topological polar surface area (TPSA) is 56.7 Å². The van der Waals surface area contributed by atoms with E-state index in [1.165, 1.54) is 11.6 Å². The maximum Gasteiger partial charge on any atom is 0.132 e. The lowest BCUT2D eigenvalue weighted by molar-refractivity contribution is 0.560. The summed E-state index contributed by atoms with van der Waals surface area (Å²) < 4.78 is 15.9. The number of aromatic nitrogens is 3. The molecule has 118 valence electrons. The van der Waals surface area contributed by atoms with Crippen LogP contribution in [0.5, 0.6) is 0 Å². The number of hydrogen-bond donors (Lipinski definition) is 1. The Balaban J connectivity index is 1.80. The van der Waals surface area contributed by atoms with Gasteiger partial charge in [-0.25, -0.2) is 9.07 Å². The van der Waals surface area contributed by atoms with Crippen molar-refractivity contribution in [2.75, 3.05) is 0 Å². The van der Waals surface area contributed by atoms with Crippen LogP contribution in [-0.2, 0) is 19.5 Å². The zero-order valence-corrected chi connectivity index (χ0v) is 12.8. The largest absolute Gasteiger partial charge is 0.325 e. The third kappa shape index (κ3) is 3.46. The van der Waals surface area contributed by atoms with Gasteiger partial charge in [0.1, 0.15) is 11.5 Å². The van der Waals surface area contributed by atoms with Gasteiger partial charge in [0.15, 0.2) is 0 Å². The van der Waals surface area contributed by atoms with Gasteiger partial charge in [0, 0.05) is 18.7 Å². The third-order valence-electron chi connectivity index (χ3n) is 3.81. The van der Waals surface area contributed by atoms with Gasteiger partial charge in [-0.3, -0.25) is 0 Å². The molecule has 2 N–H and O–H groups in total. The smallest absolute Gasteiger partial charge is 0.132 e. The van der Waals surface area contributed by atoms with Crippen LogP contribution < -0.4 is 5.73 Å². The molecule has 0 fully saturated rings. The van der Waals surface area contributed by atoms with Crippen molar-refractivity contribution in [1.29, 1.82) is 0 Å². The summed E-state index contributed by atoms with van der Waals surface area (Å²) in [5.41, 5.74) is 8.81. The molecule has 4 nitrogen and oxygen atoms in total. The van der Waals surface area contributed by atoms with Gasteiger partial charge in [0.05, 0.1) is 5.69 Å². The van der Waals surface area contributed by atoms with Crippen molar-refractivity contribution in [2.45, 2.75) is 25.9 Å². The van der Waals surface area contributed by atoms with Crippen LogP contribution in [0.2, 0.25) is 0 Å². The van der Waals surface area contributed by atoms with Crippen LogP contribution >= 0.6 is 0 Å². The molecule has 0 spiro atoms. The Kier molecular flexibility index (Phi) is 4.78. The average Bonchev–Trinajstić information content (AvgIpc) is 2.99. The lowest BCUT2D eigenvalue weighted by Gasteiger charge is -2.09. The number of hydrogen-bond acceptors (Lipinski definition) is 3. The van der Waals surface area contributed by atoms with Crippen LogP contribution in [-0.4, -0.2) is 15.0 Å². The molecule has 0 atom stereocenters. The average molecular weight is 310 g/mol. The molecule has 0 radical (unpaired) electrons. The fraction of sp³-hybridized carbons (Fsp3) is 0.222. The van der Waals surface area contributed by atoms with Gasteiger partial charge in [-0.2, -0.15) is 0 Å². The lowest BCUT2D eigenvalue weighted by atomic mass is 10.1. The summed E-state index contributed by atoms with van der Waals surface area (Å²) in [5.74, 6) is -0.284. The highest BCUT2D eigenvalue weighted by Crippen LogP contribution is 2.25. The van der Waals surface area contributed by atoms with Gasteiger partial charge >= 0.3 is 0 Å². The molecule has 23 heavy (non-hydrogen) atoms. The Morgan fingerprint density at radius 3 is 2.48 bits per heavy atom. The standard InChI is InChI=1S/C18H19FN4/c19-16-11-5-4-10-15(16)18-17(13-20)21-22-23(18)12-6-9-14-7-2-1-3-8-14/h1-5,7-8,10-11H,6,9,12-13,20H2. The molecule has 0 aliphatic carbocycles. The first kappa shape index (κ1) is 15.4. The third-order valence-corrected chi connectivity index (χ3v) is 3.81. The normalized spacial score (nSPS) is 10.9. The number of nitrogens with zero attached hydrogens (tertiary/aromatic N) is 3. The first-order valence-electron chi connectivity index (χ1n) is 7.71. The van der Waals surface area contributed by atoms with Crippen molar-refractivity contribution in [3.63, 3.8) is 0 Å². The molecule has 1 aromatic heterocycles. The number of rotatable bonds is 6. The minimum Gasteiger partial charge on any atom is -0.325 e. The van der Waals surface area contributed by atoms with Gasteiger partial charge in [0.25, 0.3) is 0 Å². The molecule has 0 unspecified atom stereocenters. The van der Waals surface area contributed by atoms with E-state index in [2.05, 4.69) is 22.4 Å². The minimum absolute atomic E-state index is 0.238. The van der Waals surface area contributed by atoms with Gasteiger partial charge in [-0.15, -0.1) is 5.10 Å². The van der Waals surface area contributed by atoms with Gasteiger partial charge in [0.2, 0.25) is 0 Å². The number of benzene rings is 2. The molecule has 1 heterocycles. The maximum absolute atomic E-state index is 14.1. The molecule has 2 aromatic carbocycles. The molecule has 3 rings (SSSR count). The molecule has 3 aromatic rings. The van der Waals surface area contributed by atoms with E-state index in [1.54, 1.807) is 22.9 Å². The van der Waals surface area contributed by atoms with Crippen molar-refractivity contribution < 1.29 is 4.39 Å². The van der Waals surface area contributed by atoms with E-state index in [0.717, 1.165) is 12.8 Å². The zero-order valence-electron chi connectivity index (χ0n) is 12.8. The van der Waals surface area contributed by atoms with Crippen LogP contribution in [0.1, 0.15) is 17.7 Å². The Morgan fingerprint density at radius 1 is 1.00 bits per heavy atom. The lowest BCUT2D eigenvalue weighted by Crippen LogP contribution is -2.06. The monoisotopic (exact) mass is 310 g/mol. The van der Waals surface area contributed by atoms with Crippen LogP contribution in [0.15, 0.2) is 54.6 Å². The predicted molar refractivity (Wildman–Crippen MR) is 88.1 cm³/mol. The van der Waals surface area contributed by atoms with Crippen LogP contribution in [0.4, 0.5) is 4.39 Å². The van der Waals surface area contributed by atoms with Crippen molar-refractivity contribution in [2.24, 2.45) is 5.73 Å². The number of aryl methyl sites for hydroxylation is 2. The minimum atomic E-state index is -0.284. The van der Waals surface area contributed by atoms with Crippen LogP contribution in [0, 0.1) is 5.82 Å². The van der Waals surface area contributed by atoms with Crippen LogP contribution in [0.25, 0.3) is 11.3 Å². The molecule has 0 saturated carbocycles. The van der Waals surface area contributed by atoms with E-state index in [9.17, 15) is 4.39 Å². The van der Waals surface area contributed by atoms with Gasteiger partial charge in [-0.05, 0) is 30.5 Å². The predicted octanol–water partition coefficient (Wildman–Crippen LogP) is 3.18. The van der Waals surface area contributed by atoms with Crippen molar-refractivity contribution >= 4 is 0 Å². The van der Waals surface area contributed by atoms with E-state index in [-0.39, 0.29) is 12.4 Å². The molecular weight excluding hydrogens is 291 g/mol. The fourth-order valence-corrected chi connectivity index (χ4v) is 2.67. The molecular formula is C18H19FN4. The molecule has 0 aliphatic rings. The van der Waals surface area contributed by atoms with Crippen molar-refractivity contribution in [3.05, 3.63) is 71.7 Å². The Hall–Kier alpha value is -2.53. The molecule has 5 heteroatoms. The summed E-state index contributed by atoms with van der Waals surface area (Å²) in [5, 5.41) is 8.25. The summed E-state index contributed by atoms with van der Waals surface area (Å²) in [4.78, 5) is 0. The van der Waals surface area contributed by atoms with E-state index in [0.29, 0.717) is 23.5 Å². The second-order valence-corrected chi connectivity index (χ2v) is 5.38. The van der Waals surface area contributed by atoms with E-state index in [4.69, 9.17) is 5.73 Å². The zero-order chi connectivity index (χ0) is 16.1. The summed E-state index contributed by atoms with van der Waals surface area (Å²) in [6.07, 6.45) is 1.84. The highest BCUT2D eigenvalue weighted by atomic mass is 19.1. The fourth-order valence-electron chi connectivity index (χ4n) is 2.67. The van der Waals surface area contributed by atoms with E-state index < -0.39 is 0 Å². The van der Waals surface area contributed by atoms with Gasteiger partial charge in [-0.1, -0.05) is 47.7 Å². The summed E-state index contributed by atoms with van der Waals surface area (Å²) in [7, 11) is 0. The van der Waals surface area contributed by atoms with Crippen molar-refractivity contribution in [1.82, 2.24) is 15.0 Å². The van der Waals surface area contributed by atoms with Crippen molar-refractivity contribution in [3.8, 4) is 11.3 Å². The Labute approximate surface area is 134 Å². The van der Waals surface area contributed by atoms with Crippen LogP contribution in [0.3, 0.4) is 0 Å². The SMILES string of the molecule is NCc1nnn(CCCc2ccccc2)c1-c1ccccc1F. The first-order chi connectivity index (χ1) is 11.3. The molecule has 0 aliphatic heterocycles. The maximum atomic E-state index is 14.1.